The Hall–Kier alpha value is -0.610. The lowest BCUT2D eigenvalue weighted by Gasteiger charge is -2.18. The lowest BCUT2D eigenvalue weighted by molar-refractivity contribution is -0.122. The first-order chi connectivity index (χ1) is 5.74. The van der Waals surface area contributed by atoms with E-state index in [4.69, 9.17) is 5.73 Å². The van der Waals surface area contributed by atoms with E-state index in [-0.39, 0.29) is 5.91 Å². The molecule has 4 nitrogen and oxygen atoms in total. The minimum Gasteiger partial charge on any atom is -0.355 e. The summed E-state index contributed by atoms with van der Waals surface area (Å²) in [5.74, 6) is 0.0767. The molecule has 0 aromatic rings. The van der Waals surface area contributed by atoms with E-state index >= 15 is 0 Å². The van der Waals surface area contributed by atoms with Gasteiger partial charge in [0.15, 0.2) is 0 Å². The first kappa shape index (κ1) is 11.4. The molecule has 0 fully saturated rings. The predicted molar refractivity (Wildman–Crippen MR) is 49.9 cm³/mol. The van der Waals surface area contributed by atoms with Crippen molar-refractivity contribution in [2.24, 2.45) is 5.73 Å². The highest BCUT2D eigenvalue weighted by atomic mass is 16.2. The summed E-state index contributed by atoms with van der Waals surface area (Å²) >= 11 is 0. The molecule has 0 aliphatic rings. The van der Waals surface area contributed by atoms with Gasteiger partial charge in [0.2, 0.25) is 5.91 Å². The van der Waals surface area contributed by atoms with Gasteiger partial charge in [-0.25, -0.2) is 0 Å². The van der Waals surface area contributed by atoms with Gasteiger partial charge < -0.3 is 11.1 Å². The Labute approximate surface area is 74.1 Å². The molecule has 1 amide bonds. The van der Waals surface area contributed by atoms with Crippen LogP contribution in [0.15, 0.2) is 0 Å². The van der Waals surface area contributed by atoms with Gasteiger partial charge in [-0.2, -0.15) is 0 Å². The normalized spacial score (nSPS) is 10.3. The van der Waals surface area contributed by atoms with Crippen LogP contribution in [0.25, 0.3) is 0 Å². The molecular weight excluding hydrogens is 154 g/mol. The SMILES string of the molecule is CCNC(=O)CN(CC)CCN. The van der Waals surface area contributed by atoms with Gasteiger partial charge in [0.05, 0.1) is 6.54 Å². The molecule has 72 valence electrons. The van der Waals surface area contributed by atoms with Crippen LogP contribution in [0.4, 0.5) is 0 Å². The van der Waals surface area contributed by atoms with E-state index in [1.54, 1.807) is 0 Å². The number of amides is 1. The zero-order valence-electron chi connectivity index (χ0n) is 7.97. The van der Waals surface area contributed by atoms with Gasteiger partial charge in [0, 0.05) is 19.6 Å². The van der Waals surface area contributed by atoms with Crippen molar-refractivity contribution in [1.29, 1.82) is 0 Å². The monoisotopic (exact) mass is 173 g/mol. The number of hydrogen-bond acceptors (Lipinski definition) is 3. The average molecular weight is 173 g/mol. The molecule has 0 saturated carbocycles. The number of nitrogens with two attached hydrogens (primary N) is 1. The molecule has 0 aliphatic heterocycles. The van der Waals surface area contributed by atoms with E-state index in [1.807, 2.05) is 18.7 Å². The summed E-state index contributed by atoms with van der Waals surface area (Å²) in [6.07, 6.45) is 0. The summed E-state index contributed by atoms with van der Waals surface area (Å²) < 4.78 is 0. The van der Waals surface area contributed by atoms with E-state index in [9.17, 15) is 4.79 Å². The first-order valence-electron chi connectivity index (χ1n) is 4.43. The molecular formula is C8H19N3O. The molecule has 0 unspecified atom stereocenters. The summed E-state index contributed by atoms with van der Waals surface area (Å²) in [6.45, 7) is 7.35. The third-order valence-corrected chi connectivity index (χ3v) is 1.63. The third kappa shape index (κ3) is 5.09. The largest absolute Gasteiger partial charge is 0.355 e. The van der Waals surface area contributed by atoms with Gasteiger partial charge >= 0.3 is 0 Å². The number of hydrogen-bond donors (Lipinski definition) is 2. The fourth-order valence-electron chi connectivity index (χ4n) is 0.988. The van der Waals surface area contributed by atoms with E-state index < -0.39 is 0 Å². The topological polar surface area (TPSA) is 58.4 Å². The maximum absolute atomic E-state index is 11.1. The van der Waals surface area contributed by atoms with Crippen molar-refractivity contribution in [2.75, 3.05) is 32.7 Å². The molecule has 0 bridgehead atoms. The van der Waals surface area contributed by atoms with Crippen molar-refractivity contribution in [3.05, 3.63) is 0 Å². The highest BCUT2D eigenvalue weighted by molar-refractivity contribution is 5.77. The van der Waals surface area contributed by atoms with Crippen molar-refractivity contribution >= 4 is 5.91 Å². The van der Waals surface area contributed by atoms with Gasteiger partial charge in [-0.1, -0.05) is 6.92 Å². The standard InChI is InChI=1S/C8H19N3O/c1-3-10-8(12)7-11(4-2)6-5-9/h3-7,9H2,1-2H3,(H,10,12). The zero-order valence-corrected chi connectivity index (χ0v) is 7.97. The number of carbonyl (C=O) groups excluding carboxylic acids is 1. The van der Waals surface area contributed by atoms with E-state index in [0.717, 1.165) is 13.1 Å². The van der Waals surface area contributed by atoms with Gasteiger partial charge in [-0.05, 0) is 13.5 Å². The second-order valence-corrected chi connectivity index (χ2v) is 2.61. The van der Waals surface area contributed by atoms with Crippen LogP contribution < -0.4 is 11.1 Å². The van der Waals surface area contributed by atoms with Gasteiger partial charge in [0.25, 0.3) is 0 Å². The Bertz CT molecular complexity index is 127. The van der Waals surface area contributed by atoms with Crippen molar-refractivity contribution in [1.82, 2.24) is 10.2 Å². The van der Waals surface area contributed by atoms with E-state index in [2.05, 4.69) is 5.32 Å². The predicted octanol–water partition coefficient (Wildman–Crippen LogP) is -0.597. The summed E-state index contributed by atoms with van der Waals surface area (Å²) in [6, 6.07) is 0. The molecule has 12 heavy (non-hydrogen) atoms. The van der Waals surface area contributed by atoms with E-state index in [1.165, 1.54) is 0 Å². The maximum Gasteiger partial charge on any atom is 0.234 e. The minimum atomic E-state index is 0.0767. The smallest absolute Gasteiger partial charge is 0.234 e. The molecule has 0 aromatic heterocycles. The van der Waals surface area contributed by atoms with Crippen LogP contribution in [-0.4, -0.2) is 43.5 Å². The summed E-state index contributed by atoms with van der Waals surface area (Å²) in [4.78, 5) is 13.1. The lowest BCUT2D eigenvalue weighted by atomic mass is 10.4. The van der Waals surface area contributed by atoms with Crippen LogP contribution in [0.1, 0.15) is 13.8 Å². The fraction of sp³-hybridized carbons (Fsp3) is 0.875. The number of carbonyl (C=O) groups is 1. The quantitative estimate of drug-likeness (QED) is 0.564. The zero-order chi connectivity index (χ0) is 9.40. The molecule has 0 radical (unpaired) electrons. The van der Waals surface area contributed by atoms with Crippen LogP contribution in [0, 0.1) is 0 Å². The van der Waals surface area contributed by atoms with Crippen LogP contribution >= 0.6 is 0 Å². The van der Waals surface area contributed by atoms with Gasteiger partial charge in [-0.15, -0.1) is 0 Å². The second kappa shape index (κ2) is 7.06. The van der Waals surface area contributed by atoms with Crippen molar-refractivity contribution in [2.45, 2.75) is 13.8 Å². The Morgan fingerprint density at radius 3 is 2.58 bits per heavy atom. The molecule has 4 heteroatoms. The molecule has 0 rings (SSSR count). The van der Waals surface area contributed by atoms with Crippen molar-refractivity contribution < 1.29 is 4.79 Å². The molecule has 0 aromatic carbocycles. The maximum atomic E-state index is 11.1. The Balaban J connectivity index is 3.61. The number of nitrogens with zero attached hydrogens (tertiary/aromatic N) is 1. The van der Waals surface area contributed by atoms with Crippen LogP contribution in [0.5, 0.6) is 0 Å². The van der Waals surface area contributed by atoms with Crippen molar-refractivity contribution in [3.63, 3.8) is 0 Å². The summed E-state index contributed by atoms with van der Waals surface area (Å²) in [5.41, 5.74) is 5.38. The third-order valence-electron chi connectivity index (χ3n) is 1.63. The summed E-state index contributed by atoms with van der Waals surface area (Å²) in [7, 11) is 0. The number of rotatable bonds is 6. The highest BCUT2D eigenvalue weighted by Gasteiger charge is 2.05. The van der Waals surface area contributed by atoms with Crippen LogP contribution in [0.2, 0.25) is 0 Å². The van der Waals surface area contributed by atoms with Crippen molar-refractivity contribution in [3.8, 4) is 0 Å². The highest BCUT2D eigenvalue weighted by Crippen LogP contribution is 1.84. The second-order valence-electron chi connectivity index (χ2n) is 2.61. The Morgan fingerprint density at radius 2 is 2.17 bits per heavy atom. The van der Waals surface area contributed by atoms with E-state index in [0.29, 0.717) is 19.6 Å². The van der Waals surface area contributed by atoms with Crippen LogP contribution in [0.3, 0.4) is 0 Å². The average Bonchev–Trinajstić information content (AvgIpc) is 2.04. The first-order valence-corrected chi connectivity index (χ1v) is 4.43. The fourth-order valence-corrected chi connectivity index (χ4v) is 0.988. The Morgan fingerprint density at radius 1 is 1.50 bits per heavy atom. The molecule has 3 N–H and O–H groups in total. The lowest BCUT2D eigenvalue weighted by Crippen LogP contribution is -2.39. The molecule has 0 heterocycles. The van der Waals surface area contributed by atoms with Crippen LogP contribution in [-0.2, 0) is 4.79 Å². The summed E-state index contributed by atoms with van der Waals surface area (Å²) in [5, 5.41) is 2.75. The number of nitrogens with one attached hydrogen (secondary N) is 1. The molecule has 0 spiro atoms. The molecule has 0 saturated heterocycles. The number of likely N-dealkylation sites (N-methyl/N-ethyl adjacent to an activating group) is 2. The molecule has 0 atom stereocenters. The Kier molecular flexibility index (Phi) is 6.70. The molecule has 0 aliphatic carbocycles. The van der Waals surface area contributed by atoms with Gasteiger partial charge in [-0.3, -0.25) is 9.69 Å². The van der Waals surface area contributed by atoms with Gasteiger partial charge in [0.1, 0.15) is 0 Å². The minimum absolute atomic E-state index is 0.0767.